The zero-order valence-electron chi connectivity index (χ0n) is 12.3. The molecule has 0 fully saturated rings. The van der Waals surface area contributed by atoms with Gasteiger partial charge in [0.2, 0.25) is 0 Å². The van der Waals surface area contributed by atoms with Crippen molar-refractivity contribution >= 4 is 0 Å². The van der Waals surface area contributed by atoms with E-state index < -0.39 is 0 Å². The van der Waals surface area contributed by atoms with E-state index in [1.54, 1.807) is 0 Å². The van der Waals surface area contributed by atoms with Crippen LogP contribution in [0.1, 0.15) is 58.8 Å². The van der Waals surface area contributed by atoms with Crippen molar-refractivity contribution < 1.29 is 21.6 Å². The molecule has 0 bridgehead atoms. The van der Waals surface area contributed by atoms with Crippen LogP contribution in [0, 0.1) is 0 Å². The number of rotatable bonds is 11. The third-order valence-electron chi connectivity index (χ3n) is 2.91. The monoisotopic (exact) mass is 265 g/mol. The van der Waals surface area contributed by atoms with E-state index in [2.05, 4.69) is 27.9 Å². The van der Waals surface area contributed by atoms with E-state index in [1.165, 1.54) is 45.1 Å². The van der Waals surface area contributed by atoms with Gasteiger partial charge in [-0.1, -0.05) is 39.5 Å². The van der Waals surface area contributed by atoms with Crippen LogP contribution in [0.3, 0.4) is 0 Å². The molecule has 106 valence electrons. The first kappa shape index (κ1) is 19.5. The van der Waals surface area contributed by atoms with Gasteiger partial charge in [0.25, 0.3) is 0 Å². The minimum Gasteiger partial charge on any atom is -1.00 e. The predicted molar refractivity (Wildman–Crippen MR) is 71.5 cm³/mol. The average molecular weight is 266 g/mol. The second-order valence-corrected chi connectivity index (χ2v) is 5.46. The van der Waals surface area contributed by atoms with Crippen molar-refractivity contribution in [2.45, 2.75) is 58.8 Å². The van der Waals surface area contributed by atoms with E-state index in [-0.39, 0.29) is 12.4 Å². The molecule has 0 aliphatic rings. The predicted octanol–water partition coefficient (Wildman–Crippen LogP) is 0.811. The third kappa shape index (κ3) is 14.1. The highest BCUT2D eigenvalue weighted by Gasteiger charge is 2.13. The zero-order valence-corrected chi connectivity index (χ0v) is 13.1. The molecule has 0 saturated carbocycles. The summed E-state index contributed by atoms with van der Waals surface area (Å²) in [6.45, 7) is 7.44. The Morgan fingerprint density at radius 3 is 2.00 bits per heavy atom. The molecule has 0 aromatic carbocycles. The van der Waals surface area contributed by atoms with Crippen molar-refractivity contribution in [3.8, 4) is 0 Å². The lowest BCUT2D eigenvalue weighted by atomic mass is 10.1. The lowest BCUT2D eigenvalue weighted by molar-refractivity contribution is -0.909. The number of quaternary nitrogens is 1. The van der Waals surface area contributed by atoms with Crippen molar-refractivity contribution in [3.05, 3.63) is 0 Å². The van der Waals surface area contributed by atoms with Crippen molar-refractivity contribution in [2.75, 3.05) is 34.0 Å². The van der Waals surface area contributed by atoms with Crippen LogP contribution in [-0.2, 0) is 4.74 Å². The minimum absolute atomic E-state index is 0. The maximum Gasteiger partial charge on any atom is 0.182 e. The molecule has 0 aliphatic heterocycles. The molecule has 0 amide bonds. The zero-order chi connectivity index (χ0) is 12.3. The van der Waals surface area contributed by atoms with Gasteiger partial charge >= 0.3 is 0 Å². The van der Waals surface area contributed by atoms with E-state index in [9.17, 15) is 0 Å². The van der Waals surface area contributed by atoms with Crippen LogP contribution < -0.4 is 12.4 Å². The van der Waals surface area contributed by atoms with Gasteiger partial charge in [0.15, 0.2) is 6.73 Å². The van der Waals surface area contributed by atoms with Gasteiger partial charge in [0.05, 0.1) is 27.2 Å². The minimum atomic E-state index is 0. The highest BCUT2D eigenvalue weighted by molar-refractivity contribution is 4.43. The van der Waals surface area contributed by atoms with Gasteiger partial charge in [-0.2, -0.15) is 0 Å². The molecule has 0 heterocycles. The summed E-state index contributed by atoms with van der Waals surface area (Å²) in [4.78, 5) is 0. The fraction of sp³-hybridized carbons (Fsp3) is 1.00. The van der Waals surface area contributed by atoms with Crippen molar-refractivity contribution in [1.29, 1.82) is 0 Å². The van der Waals surface area contributed by atoms with E-state index >= 15 is 0 Å². The van der Waals surface area contributed by atoms with Gasteiger partial charge in [0, 0.05) is 0 Å². The molecule has 0 aromatic rings. The fourth-order valence-corrected chi connectivity index (χ4v) is 1.84. The molecule has 0 rings (SSSR count). The smallest absolute Gasteiger partial charge is 0.182 e. The fourth-order valence-electron chi connectivity index (χ4n) is 1.84. The summed E-state index contributed by atoms with van der Waals surface area (Å²) in [5.41, 5.74) is 0. The molecule has 0 saturated heterocycles. The Morgan fingerprint density at radius 2 is 1.41 bits per heavy atom. The van der Waals surface area contributed by atoms with Crippen LogP contribution in [-0.4, -0.2) is 38.5 Å². The van der Waals surface area contributed by atoms with Crippen molar-refractivity contribution in [2.24, 2.45) is 0 Å². The number of ether oxygens (including phenoxy) is 1. The largest absolute Gasteiger partial charge is 1.00 e. The van der Waals surface area contributed by atoms with Crippen LogP contribution in [0.4, 0.5) is 0 Å². The van der Waals surface area contributed by atoms with Crippen LogP contribution in [0.15, 0.2) is 0 Å². The highest BCUT2D eigenvalue weighted by Crippen LogP contribution is 2.08. The summed E-state index contributed by atoms with van der Waals surface area (Å²) in [5, 5.41) is 0. The average Bonchev–Trinajstić information content (AvgIpc) is 2.23. The Balaban J connectivity index is 0. The molecule has 2 nitrogen and oxygen atoms in total. The van der Waals surface area contributed by atoms with Gasteiger partial charge in [0.1, 0.15) is 0 Å². The van der Waals surface area contributed by atoms with Gasteiger partial charge in [-0.3, -0.25) is 0 Å². The second kappa shape index (κ2) is 12.7. The van der Waals surface area contributed by atoms with Crippen LogP contribution in [0.2, 0.25) is 0 Å². The van der Waals surface area contributed by atoms with E-state index in [4.69, 9.17) is 4.74 Å². The first-order valence-electron chi connectivity index (χ1n) is 7.02. The van der Waals surface area contributed by atoms with E-state index in [0.717, 1.165) is 24.2 Å². The van der Waals surface area contributed by atoms with Crippen LogP contribution in [0.25, 0.3) is 0 Å². The van der Waals surface area contributed by atoms with Gasteiger partial charge in [-0.15, -0.1) is 0 Å². The number of unbranched alkanes of at least 4 members (excludes halogenated alkanes) is 5. The Kier molecular flexibility index (Phi) is 14.6. The first-order valence-corrected chi connectivity index (χ1v) is 7.02. The molecular formula is C14H32ClNO. The summed E-state index contributed by atoms with van der Waals surface area (Å²) < 4.78 is 6.62. The van der Waals surface area contributed by atoms with E-state index in [1.807, 2.05) is 0 Å². The maximum absolute atomic E-state index is 5.62. The van der Waals surface area contributed by atoms with Crippen molar-refractivity contribution in [3.63, 3.8) is 0 Å². The van der Waals surface area contributed by atoms with Crippen LogP contribution in [0.5, 0.6) is 0 Å². The summed E-state index contributed by atoms with van der Waals surface area (Å²) >= 11 is 0. The van der Waals surface area contributed by atoms with Crippen molar-refractivity contribution in [1.82, 2.24) is 0 Å². The summed E-state index contributed by atoms with van der Waals surface area (Å²) in [7, 11) is 4.53. The third-order valence-corrected chi connectivity index (χ3v) is 2.91. The second-order valence-electron chi connectivity index (χ2n) is 5.46. The molecule has 0 unspecified atom stereocenters. The molecule has 0 atom stereocenters. The molecular weight excluding hydrogens is 234 g/mol. The van der Waals surface area contributed by atoms with Gasteiger partial charge in [-0.05, 0) is 19.3 Å². The molecule has 3 heteroatoms. The summed E-state index contributed by atoms with van der Waals surface area (Å²) in [6, 6.07) is 0. The SMILES string of the molecule is CCCCCCCC[N+](C)(C)COCCC.[Cl-]. The number of halogens is 1. The normalized spacial score (nSPS) is 11.3. The Labute approximate surface area is 115 Å². The topological polar surface area (TPSA) is 9.23 Å². The van der Waals surface area contributed by atoms with Crippen LogP contribution >= 0.6 is 0 Å². The first-order chi connectivity index (χ1) is 7.62. The Hall–Kier alpha value is 0.210. The Bertz CT molecular complexity index is 151. The summed E-state index contributed by atoms with van der Waals surface area (Å²) in [6.07, 6.45) is 9.41. The quantitative estimate of drug-likeness (QED) is 0.305. The number of nitrogens with zero attached hydrogens (tertiary/aromatic N) is 1. The summed E-state index contributed by atoms with van der Waals surface area (Å²) in [5.74, 6) is 0. The molecule has 0 N–H and O–H groups in total. The Morgan fingerprint density at radius 1 is 0.824 bits per heavy atom. The lowest BCUT2D eigenvalue weighted by Gasteiger charge is -2.29. The highest BCUT2D eigenvalue weighted by atomic mass is 35.5. The van der Waals surface area contributed by atoms with Gasteiger partial charge < -0.3 is 21.6 Å². The number of hydrogen-bond acceptors (Lipinski definition) is 1. The van der Waals surface area contributed by atoms with Gasteiger partial charge in [-0.25, -0.2) is 0 Å². The molecule has 0 spiro atoms. The molecule has 0 aliphatic carbocycles. The number of hydrogen-bond donors (Lipinski definition) is 0. The standard InChI is InChI=1S/C14H32NO.ClH/c1-5-7-8-9-10-11-12-15(3,4)14-16-13-6-2;/h5-14H2,1-4H3;1H/q+1;/p-1. The lowest BCUT2D eigenvalue weighted by Crippen LogP contribution is -3.00. The van der Waals surface area contributed by atoms with E-state index in [0.29, 0.717) is 0 Å². The molecule has 0 aromatic heterocycles. The molecule has 0 radical (unpaired) electrons. The molecule has 17 heavy (non-hydrogen) atoms. The maximum atomic E-state index is 5.62.